The summed E-state index contributed by atoms with van der Waals surface area (Å²) in [6.07, 6.45) is 0. The van der Waals surface area contributed by atoms with E-state index >= 15 is 0 Å². The summed E-state index contributed by atoms with van der Waals surface area (Å²) in [5, 5.41) is 2.47. The number of benzene rings is 12. The molecule has 0 N–H and O–H groups in total. The molecule has 1 aliphatic carbocycles. The van der Waals surface area contributed by atoms with E-state index in [-0.39, 0.29) is 0 Å². The Morgan fingerprint density at radius 3 is 1.44 bits per heavy atom. The number of fused-ring (bicyclic) bond motifs is 6. The standard InChI is InChI=1S/C73H50N2/c1-6-23-51(24-7-1)56-47-57(52-25-8-2-9-26-52)49-61(48-56)74(60-31-14-5-15-32-60)68-38-20-17-33-62(68)54-43-41-53(42-44-54)55-45-46-64-63-34-18-21-39-69(63)75(71(64)50-55)70-40-22-37-67-72(70)65-35-16-19-36-66(65)73(67,58-27-10-3-11-28-58)59-29-12-4-13-30-59/h1-50H. The van der Waals surface area contributed by atoms with E-state index in [0.29, 0.717) is 0 Å². The second-order valence-electron chi connectivity index (χ2n) is 19.6. The average molecular weight is 955 g/mol. The third kappa shape index (κ3) is 7.33. The number of hydrogen-bond donors (Lipinski definition) is 0. The first-order valence-corrected chi connectivity index (χ1v) is 25.9. The molecular weight excluding hydrogens is 905 g/mol. The summed E-state index contributed by atoms with van der Waals surface area (Å²) in [7, 11) is 0. The summed E-state index contributed by atoms with van der Waals surface area (Å²) in [6, 6.07) is 111. The summed E-state index contributed by atoms with van der Waals surface area (Å²) >= 11 is 0. The Morgan fingerprint density at radius 1 is 0.280 bits per heavy atom. The summed E-state index contributed by atoms with van der Waals surface area (Å²) < 4.78 is 2.52. The van der Waals surface area contributed by atoms with Gasteiger partial charge < -0.3 is 9.47 Å². The lowest BCUT2D eigenvalue weighted by Crippen LogP contribution is -2.28. The van der Waals surface area contributed by atoms with Crippen molar-refractivity contribution in [2.75, 3.05) is 4.90 Å². The van der Waals surface area contributed by atoms with E-state index in [0.717, 1.165) is 33.8 Å². The van der Waals surface area contributed by atoms with Gasteiger partial charge in [0.15, 0.2) is 0 Å². The van der Waals surface area contributed by atoms with E-state index in [4.69, 9.17) is 0 Å². The van der Waals surface area contributed by atoms with Crippen LogP contribution in [0.25, 0.3) is 83.1 Å². The Morgan fingerprint density at radius 2 is 0.773 bits per heavy atom. The van der Waals surface area contributed by atoms with Crippen LogP contribution in [0.4, 0.5) is 17.1 Å². The van der Waals surface area contributed by atoms with Crippen molar-refractivity contribution in [1.29, 1.82) is 0 Å². The highest BCUT2D eigenvalue weighted by atomic mass is 15.1. The van der Waals surface area contributed by atoms with Gasteiger partial charge in [-0.15, -0.1) is 0 Å². The molecule has 2 heteroatoms. The average Bonchev–Trinajstić information content (AvgIpc) is 4.01. The van der Waals surface area contributed by atoms with Crippen LogP contribution >= 0.6 is 0 Å². The van der Waals surface area contributed by atoms with Gasteiger partial charge in [-0.2, -0.15) is 0 Å². The van der Waals surface area contributed by atoms with Gasteiger partial charge in [0.05, 0.1) is 27.8 Å². The second-order valence-corrected chi connectivity index (χ2v) is 19.6. The minimum absolute atomic E-state index is 0.496. The van der Waals surface area contributed by atoms with Crippen LogP contribution in [-0.4, -0.2) is 4.57 Å². The molecule has 0 spiro atoms. The van der Waals surface area contributed by atoms with Crippen LogP contribution in [0.1, 0.15) is 22.3 Å². The Kier molecular flexibility index (Phi) is 10.8. The van der Waals surface area contributed by atoms with Crippen molar-refractivity contribution < 1.29 is 0 Å². The molecule has 14 rings (SSSR count). The molecule has 2 nitrogen and oxygen atoms in total. The van der Waals surface area contributed by atoms with Crippen LogP contribution in [0.2, 0.25) is 0 Å². The molecule has 0 radical (unpaired) electrons. The SMILES string of the molecule is c1ccc(-c2cc(-c3ccccc3)cc(N(c3ccccc3)c3ccccc3-c3ccc(-c4ccc5c6ccccc6n(-c6cccc7c6-c6ccccc6C7(c6ccccc6)c6ccccc6)c5c4)cc3)c2)cc1. The van der Waals surface area contributed by atoms with E-state index in [1.165, 1.54) is 88.7 Å². The topological polar surface area (TPSA) is 8.17 Å². The summed E-state index contributed by atoms with van der Waals surface area (Å²) in [6.45, 7) is 0. The predicted molar refractivity (Wildman–Crippen MR) is 315 cm³/mol. The number of hydrogen-bond acceptors (Lipinski definition) is 1. The van der Waals surface area contributed by atoms with Crippen molar-refractivity contribution in [1.82, 2.24) is 4.57 Å². The van der Waals surface area contributed by atoms with Gasteiger partial charge in [0, 0.05) is 33.3 Å². The summed E-state index contributed by atoms with van der Waals surface area (Å²) in [5.41, 5.74) is 23.3. The lowest BCUT2D eigenvalue weighted by molar-refractivity contribution is 0.768. The van der Waals surface area contributed by atoms with Gasteiger partial charge in [0.25, 0.3) is 0 Å². The minimum atomic E-state index is -0.496. The fourth-order valence-electron chi connectivity index (χ4n) is 12.2. The Hall–Kier alpha value is -9.76. The molecule has 12 aromatic carbocycles. The zero-order chi connectivity index (χ0) is 49.7. The monoisotopic (exact) mass is 954 g/mol. The minimum Gasteiger partial charge on any atom is -0.310 e. The fraction of sp³-hybridized carbons (Fsp3) is 0.0137. The van der Waals surface area contributed by atoms with Crippen LogP contribution in [0.5, 0.6) is 0 Å². The third-order valence-electron chi connectivity index (χ3n) is 15.5. The van der Waals surface area contributed by atoms with Crippen LogP contribution in [-0.2, 0) is 5.41 Å². The first-order chi connectivity index (χ1) is 37.2. The van der Waals surface area contributed by atoms with Gasteiger partial charge in [-0.25, -0.2) is 0 Å². The van der Waals surface area contributed by atoms with Gasteiger partial charge in [-0.1, -0.05) is 249 Å². The number of para-hydroxylation sites is 3. The Bertz CT molecular complexity index is 4100. The smallest absolute Gasteiger partial charge is 0.0714 e. The maximum Gasteiger partial charge on any atom is 0.0714 e. The van der Waals surface area contributed by atoms with Gasteiger partial charge >= 0.3 is 0 Å². The highest BCUT2D eigenvalue weighted by molar-refractivity contribution is 6.11. The molecule has 0 unspecified atom stereocenters. The number of nitrogens with zero attached hydrogens (tertiary/aromatic N) is 2. The van der Waals surface area contributed by atoms with Crippen molar-refractivity contribution in [3.63, 3.8) is 0 Å². The number of anilines is 3. The van der Waals surface area contributed by atoms with Crippen LogP contribution in [0.15, 0.2) is 303 Å². The van der Waals surface area contributed by atoms with Crippen molar-refractivity contribution in [3.05, 3.63) is 326 Å². The molecule has 0 amide bonds. The molecule has 1 aliphatic rings. The van der Waals surface area contributed by atoms with Gasteiger partial charge in [-0.05, 0) is 121 Å². The first-order valence-electron chi connectivity index (χ1n) is 25.9. The molecule has 352 valence electrons. The van der Waals surface area contributed by atoms with E-state index in [9.17, 15) is 0 Å². The zero-order valence-electron chi connectivity index (χ0n) is 41.3. The molecule has 75 heavy (non-hydrogen) atoms. The predicted octanol–water partition coefficient (Wildman–Crippen LogP) is 19.3. The van der Waals surface area contributed by atoms with Gasteiger partial charge in [0.2, 0.25) is 0 Å². The number of rotatable bonds is 10. The Labute approximate surface area is 438 Å². The van der Waals surface area contributed by atoms with Gasteiger partial charge in [0.1, 0.15) is 0 Å². The quantitative estimate of drug-likeness (QED) is 0.133. The molecule has 0 atom stereocenters. The van der Waals surface area contributed by atoms with Crippen molar-refractivity contribution in [2.24, 2.45) is 0 Å². The third-order valence-corrected chi connectivity index (χ3v) is 15.5. The highest BCUT2D eigenvalue weighted by Crippen LogP contribution is 2.58. The van der Waals surface area contributed by atoms with Crippen molar-refractivity contribution in [2.45, 2.75) is 5.41 Å². The maximum absolute atomic E-state index is 2.52. The molecular formula is C73H50N2. The van der Waals surface area contributed by atoms with Crippen LogP contribution < -0.4 is 4.90 Å². The molecule has 0 saturated carbocycles. The van der Waals surface area contributed by atoms with Gasteiger partial charge in [-0.3, -0.25) is 0 Å². The van der Waals surface area contributed by atoms with E-state index in [2.05, 4.69) is 313 Å². The highest BCUT2D eigenvalue weighted by Gasteiger charge is 2.47. The van der Waals surface area contributed by atoms with E-state index in [1.807, 2.05) is 0 Å². The molecule has 0 fully saturated rings. The fourth-order valence-corrected chi connectivity index (χ4v) is 12.2. The van der Waals surface area contributed by atoms with Crippen LogP contribution in [0.3, 0.4) is 0 Å². The summed E-state index contributed by atoms with van der Waals surface area (Å²) in [5.74, 6) is 0. The molecule has 1 aromatic heterocycles. The number of aromatic nitrogens is 1. The van der Waals surface area contributed by atoms with Crippen molar-refractivity contribution in [3.8, 4) is 61.3 Å². The van der Waals surface area contributed by atoms with Crippen LogP contribution in [0, 0.1) is 0 Å². The molecule has 0 aliphatic heterocycles. The largest absolute Gasteiger partial charge is 0.310 e. The van der Waals surface area contributed by atoms with Crippen molar-refractivity contribution >= 4 is 38.9 Å². The van der Waals surface area contributed by atoms with E-state index < -0.39 is 5.41 Å². The summed E-state index contributed by atoms with van der Waals surface area (Å²) in [4.78, 5) is 2.41. The normalized spacial score (nSPS) is 12.4. The second kappa shape index (κ2) is 18.4. The Balaban J connectivity index is 0.903. The lowest BCUT2D eigenvalue weighted by atomic mass is 9.68. The first kappa shape index (κ1) is 44.0. The molecule has 0 saturated heterocycles. The van der Waals surface area contributed by atoms with E-state index in [1.54, 1.807) is 0 Å². The molecule has 13 aromatic rings. The maximum atomic E-state index is 2.52. The molecule has 0 bridgehead atoms. The zero-order valence-corrected chi connectivity index (χ0v) is 41.3. The lowest BCUT2D eigenvalue weighted by Gasteiger charge is -2.34. The molecule has 1 heterocycles.